The molecule has 0 aliphatic carbocycles. The van der Waals surface area contributed by atoms with Gasteiger partial charge >= 0.3 is 0 Å². The van der Waals surface area contributed by atoms with Crippen molar-refractivity contribution in [1.82, 2.24) is 4.98 Å². The lowest BCUT2D eigenvalue weighted by molar-refractivity contribution is -0.644. The molecule has 4 rings (SSSR count). The maximum atomic E-state index is 4.83. The van der Waals surface area contributed by atoms with Crippen molar-refractivity contribution in [1.29, 1.82) is 0 Å². The first-order valence-corrected chi connectivity index (χ1v) is 8.59. The molecule has 0 atom stereocenters. The van der Waals surface area contributed by atoms with Gasteiger partial charge in [-0.1, -0.05) is 26.0 Å². The van der Waals surface area contributed by atoms with Gasteiger partial charge in [0.15, 0.2) is 6.20 Å². The standard InChI is InChI=1S/C22H23N2/c1-13(2)16-9-8-14(3)18-17-7-6-12-24(5)22(17)19-15(4)10-11-23-21(19)20(16)18/h6-13H,1-5H3/q+1. The molecule has 0 saturated carbocycles. The van der Waals surface area contributed by atoms with Gasteiger partial charge in [0, 0.05) is 23.0 Å². The van der Waals surface area contributed by atoms with E-state index in [9.17, 15) is 0 Å². The van der Waals surface area contributed by atoms with Gasteiger partial charge in [-0.3, -0.25) is 4.98 Å². The average Bonchev–Trinajstić information content (AvgIpc) is 2.55. The largest absolute Gasteiger partial charge is 0.255 e. The summed E-state index contributed by atoms with van der Waals surface area (Å²) in [6.45, 7) is 8.93. The minimum atomic E-state index is 0.466. The fourth-order valence-corrected chi connectivity index (χ4v) is 3.98. The first kappa shape index (κ1) is 15.1. The number of aromatic nitrogens is 2. The van der Waals surface area contributed by atoms with Crippen LogP contribution >= 0.6 is 0 Å². The Morgan fingerprint density at radius 3 is 2.42 bits per heavy atom. The van der Waals surface area contributed by atoms with E-state index < -0.39 is 0 Å². The summed E-state index contributed by atoms with van der Waals surface area (Å²) in [4.78, 5) is 4.83. The van der Waals surface area contributed by atoms with E-state index in [0.717, 1.165) is 5.52 Å². The zero-order valence-corrected chi connectivity index (χ0v) is 15.0. The summed E-state index contributed by atoms with van der Waals surface area (Å²) in [5.41, 5.74) is 6.38. The van der Waals surface area contributed by atoms with Gasteiger partial charge in [-0.05, 0) is 48.6 Å². The lowest BCUT2D eigenvalue weighted by atomic mass is 9.88. The second kappa shape index (κ2) is 5.27. The van der Waals surface area contributed by atoms with Gasteiger partial charge in [0.25, 0.3) is 0 Å². The van der Waals surface area contributed by atoms with Crippen molar-refractivity contribution >= 4 is 32.6 Å². The average molecular weight is 315 g/mol. The second-order valence-electron chi connectivity index (χ2n) is 7.11. The Bertz CT molecular complexity index is 1110. The van der Waals surface area contributed by atoms with Crippen LogP contribution in [0.5, 0.6) is 0 Å². The van der Waals surface area contributed by atoms with Crippen molar-refractivity contribution in [2.45, 2.75) is 33.6 Å². The van der Waals surface area contributed by atoms with Gasteiger partial charge in [0.1, 0.15) is 7.05 Å². The van der Waals surface area contributed by atoms with Crippen LogP contribution in [0.2, 0.25) is 0 Å². The predicted molar refractivity (Wildman–Crippen MR) is 101 cm³/mol. The minimum absolute atomic E-state index is 0.466. The molecule has 0 aliphatic heterocycles. The van der Waals surface area contributed by atoms with E-state index in [-0.39, 0.29) is 0 Å². The van der Waals surface area contributed by atoms with Gasteiger partial charge in [-0.15, -0.1) is 0 Å². The Kier molecular flexibility index (Phi) is 3.31. The van der Waals surface area contributed by atoms with E-state index in [0.29, 0.717) is 5.92 Å². The Hall–Kier alpha value is -2.48. The van der Waals surface area contributed by atoms with Gasteiger partial charge < -0.3 is 0 Å². The SMILES string of the molecule is Cc1ccc(C(C)C)c2c3nccc(C)c3c3c(ccc[n+]3C)c12. The third-order valence-corrected chi connectivity index (χ3v) is 5.15. The van der Waals surface area contributed by atoms with E-state index in [4.69, 9.17) is 4.98 Å². The number of hydrogen-bond acceptors (Lipinski definition) is 1. The highest BCUT2D eigenvalue weighted by Crippen LogP contribution is 2.39. The molecule has 0 spiro atoms. The Labute approximate surface area is 142 Å². The van der Waals surface area contributed by atoms with Crippen molar-refractivity contribution in [3.8, 4) is 0 Å². The molecule has 0 aliphatic rings. The van der Waals surface area contributed by atoms with E-state index in [1.165, 1.54) is 43.8 Å². The number of benzene rings is 2. The molecule has 120 valence electrons. The molecular formula is C22H23N2+. The summed E-state index contributed by atoms with van der Waals surface area (Å²) >= 11 is 0. The highest BCUT2D eigenvalue weighted by Gasteiger charge is 2.21. The smallest absolute Gasteiger partial charge is 0.222 e. The first-order chi connectivity index (χ1) is 11.5. The van der Waals surface area contributed by atoms with Crippen molar-refractivity contribution in [3.05, 3.63) is 59.4 Å². The van der Waals surface area contributed by atoms with E-state index in [2.05, 4.69) is 75.8 Å². The zero-order chi connectivity index (χ0) is 17.0. The molecule has 0 unspecified atom stereocenters. The zero-order valence-electron chi connectivity index (χ0n) is 15.0. The summed E-state index contributed by atoms with van der Waals surface area (Å²) in [6.07, 6.45) is 4.07. The number of hydrogen-bond donors (Lipinski definition) is 0. The highest BCUT2D eigenvalue weighted by atomic mass is 14.9. The van der Waals surface area contributed by atoms with Crippen LogP contribution in [0.1, 0.15) is 36.5 Å². The molecule has 2 heteroatoms. The van der Waals surface area contributed by atoms with Gasteiger partial charge in [0.2, 0.25) is 5.52 Å². The molecule has 4 aromatic rings. The number of nitrogens with zero attached hydrogens (tertiary/aromatic N) is 2. The van der Waals surface area contributed by atoms with Gasteiger partial charge in [0.05, 0.1) is 16.3 Å². The van der Waals surface area contributed by atoms with Crippen molar-refractivity contribution in [2.75, 3.05) is 0 Å². The highest BCUT2D eigenvalue weighted by molar-refractivity contribution is 6.24. The molecule has 0 bridgehead atoms. The normalized spacial score (nSPS) is 11.9. The summed E-state index contributed by atoms with van der Waals surface area (Å²) in [5, 5.41) is 5.26. The monoisotopic (exact) mass is 315 g/mol. The second-order valence-corrected chi connectivity index (χ2v) is 7.11. The number of rotatable bonds is 1. The van der Waals surface area contributed by atoms with Gasteiger partial charge in [-0.2, -0.15) is 0 Å². The van der Waals surface area contributed by atoms with E-state index in [1.54, 1.807) is 0 Å². The lowest BCUT2D eigenvalue weighted by Crippen LogP contribution is -2.28. The summed E-state index contributed by atoms with van der Waals surface area (Å²) in [5.74, 6) is 0.466. The topological polar surface area (TPSA) is 16.8 Å². The predicted octanol–water partition coefficient (Wildman–Crippen LogP) is 5.11. The lowest BCUT2D eigenvalue weighted by Gasteiger charge is -2.16. The van der Waals surface area contributed by atoms with Crippen LogP contribution in [0.4, 0.5) is 0 Å². The molecule has 0 amide bonds. The summed E-state index contributed by atoms with van der Waals surface area (Å²) in [7, 11) is 2.13. The molecule has 0 fully saturated rings. The van der Waals surface area contributed by atoms with Crippen molar-refractivity contribution < 1.29 is 4.57 Å². The number of pyridine rings is 2. The molecule has 0 radical (unpaired) electrons. The van der Waals surface area contributed by atoms with Crippen LogP contribution in [0.25, 0.3) is 32.6 Å². The maximum absolute atomic E-state index is 4.83. The molecule has 0 N–H and O–H groups in total. The Morgan fingerprint density at radius 1 is 0.917 bits per heavy atom. The Morgan fingerprint density at radius 2 is 1.67 bits per heavy atom. The van der Waals surface area contributed by atoms with Crippen molar-refractivity contribution in [2.24, 2.45) is 7.05 Å². The molecule has 2 aromatic heterocycles. The van der Waals surface area contributed by atoms with Crippen LogP contribution in [0.3, 0.4) is 0 Å². The first-order valence-electron chi connectivity index (χ1n) is 8.59. The quantitative estimate of drug-likeness (QED) is 0.352. The molecule has 0 saturated heterocycles. The molecular weight excluding hydrogens is 292 g/mol. The molecule has 2 nitrogen and oxygen atoms in total. The third kappa shape index (κ3) is 1.96. The van der Waals surface area contributed by atoms with Crippen LogP contribution in [-0.2, 0) is 7.05 Å². The Balaban J connectivity index is 2.48. The van der Waals surface area contributed by atoms with Gasteiger partial charge in [-0.25, -0.2) is 4.57 Å². The maximum Gasteiger partial charge on any atom is 0.222 e. The molecule has 2 aromatic carbocycles. The summed E-state index contributed by atoms with van der Waals surface area (Å²) in [6, 6.07) is 11.0. The minimum Gasteiger partial charge on any atom is -0.255 e. The number of fused-ring (bicyclic) bond motifs is 6. The van der Waals surface area contributed by atoms with Crippen LogP contribution < -0.4 is 4.57 Å². The van der Waals surface area contributed by atoms with Crippen molar-refractivity contribution in [3.63, 3.8) is 0 Å². The summed E-state index contributed by atoms with van der Waals surface area (Å²) < 4.78 is 2.23. The molecule has 2 heterocycles. The third-order valence-electron chi connectivity index (χ3n) is 5.15. The number of aryl methyl sites for hydroxylation is 3. The van der Waals surface area contributed by atoms with Crippen LogP contribution in [-0.4, -0.2) is 4.98 Å². The fraction of sp³-hybridized carbons (Fsp3) is 0.273. The molecule has 24 heavy (non-hydrogen) atoms. The van der Waals surface area contributed by atoms with Crippen LogP contribution in [0, 0.1) is 13.8 Å². The van der Waals surface area contributed by atoms with Crippen LogP contribution in [0.15, 0.2) is 42.7 Å². The van der Waals surface area contributed by atoms with E-state index >= 15 is 0 Å². The van der Waals surface area contributed by atoms with E-state index in [1.807, 2.05) is 6.20 Å². The fourth-order valence-electron chi connectivity index (χ4n) is 3.98.